The molecule has 144 valence electrons. The number of aryl methyl sites for hydroxylation is 2. The highest BCUT2D eigenvalue weighted by molar-refractivity contribution is 7.13. The first-order valence-corrected chi connectivity index (χ1v) is 10.3. The second-order valence-electron chi connectivity index (χ2n) is 6.91. The van der Waals surface area contributed by atoms with Gasteiger partial charge in [-0.2, -0.15) is 0 Å². The molecule has 0 unspecified atom stereocenters. The van der Waals surface area contributed by atoms with Gasteiger partial charge in [-0.05, 0) is 48.2 Å². The van der Waals surface area contributed by atoms with E-state index < -0.39 is 0 Å². The largest absolute Gasteiger partial charge is 0.398 e. The van der Waals surface area contributed by atoms with Crippen LogP contribution in [0.15, 0.2) is 49.2 Å². The number of Topliss-reactive ketones (excluding diaryl/α,β-unsaturated/α-hetero) is 1. The van der Waals surface area contributed by atoms with Gasteiger partial charge in [-0.1, -0.05) is 38.1 Å². The Bertz CT molecular complexity index is 986. The second-order valence-corrected chi connectivity index (χ2v) is 8.02. The van der Waals surface area contributed by atoms with Gasteiger partial charge in [0.25, 0.3) is 0 Å². The van der Waals surface area contributed by atoms with Gasteiger partial charge in [-0.15, -0.1) is 11.3 Å². The van der Waals surface area contributed by atoms with Crippen LogP contribution in [-0.4, -0.2) is 15.8 Å². The number of pyridine rings is 1. The van der Waals surface area contributed by atoms with Gasteiger partial charge in [0.05, 0.1) is 15.6 Å². The van der Waals surface area contributed by atoms with E-state index in [-0.39, 0.29) is 5.78 Å². The van der Waals surface area contributed by atoms with E-state index in [2.05, 4.69) is 23.5 Å². The molecule has 0 aliphatic carbocycles. The number of benzene rings is 1. The molecule has 0 saturated heterocycles. The highest BCUT2D eigenvalue weighted by atomic mass is 32.1. The van der Waals surface area contributed by atoms with Gasteiger partial charge in [0, 0.05) is 30.4 Å². The van der Waals surface area contributed by atoms with Crippen molar-refractivity contribution in [3.8, 4) is 0 Å². The van der Waals surface area contributed by atoms with Crippen molar-refractivity contribution in [2.24, 2.45) is 0 Å². The first-order chi connectivity index (χ1) is 13.5. The zero-order valence-corrected chi connectivity index (χ0v) is 17.2. The van der Waals surface area contributed by atoms with Crippen LogP contribution >= 0.6 is 11.3 Å². The van der Waals surface area contributed by atoms with Gasteiger partial charge < -0.3 is 5.73 Å². The number of carbonyl (C=O) groups is 1. The molecule has 28 heavy (non-hydrogen) atoms. The number of nitrogens with two attached hydrogens (primary N) is 1. The molecule has 0 fully saturated rings. The van der Waals surface area contributed by atoms with E-state index in [4.69, 9.17) is 5.73 Å². The molecule has 0 aliphatic heterocycles. The van der Waals surface area contributed by atoms with Crippen LogP contribution in [0, 0.1) is 6.92 Å². The Morgan fingerprint density at radius 2 is 1.96 bits per heavy atom. The SMILES string of the molecule is C=C(Cc1ncc(C(=O)Cc2c(C)cccc2N)s1)c1cccc(CCC)n1. The van der Waals surface area contributed by atoms with E-state index in [1.165, 1.54) is 11.3 Å². The number of nitrogens with zero attached hydrogens (tertiary/aromatic N) is 2. The van der Waals surface area contributed by atoms with E-state index in [1.54, 1.807) is 6.20 Å². The molecule has 3 aromatic rings. The highest BCUT2D eigenvalue weighted by Gasteiger charge is 2.15. The predicted molar refractivity (Wildman–Crippen MR) is 117 cm³/mol. The third kappa shape index (κ3) is 4.73. The van der Waals surface area contributed by atoms with Crippen molar-refractivity contribution in [3.05, 3.63) is 81.6 Å². The van der Waals surface area contributed by atoms with Crippen LogP contribution in [0.5, 0.6) is 0 Å². The smallest absolute Gasteiger partial charge is 0.178 e. The maximum absolute atomic E-state index is 12.7. The van der Waals surface area contributed by atoms with E-state index >= 15 is 0 Å². The summed E-state index contributed by atoms with van der Waals surface area (Å²) < 4.78 is 0. The molecule has 2 heterocycles. The van der Waals surface area contributed by atoms with Crippen molar-refractivity contribution in [2.75, 3.05) is 5.73 Å². The number of hydrogen-bond acceptors (Lipinski definition) is 5. The highest BCUT2D eigenvalue weighted by Crippen LogP contribution is 2.24. The lowest BCUT2D eigenvalue weighted by molar-refractivity contribution is 0.0996. The molecule has 0 atom stereocenters. The van der Waals surface area contributed by atoms with Crippen LogP contribution < -0.4 is 5.73 Å². The monoisotopic (exact) mass is 391 g/mol. The summed E-state index contributed by atoms with van der Waals surface area (Å²) in [5.74, 6) is 0.0402. The minimum Gasteiger partial charge on any atom is -0.398 e. The first-order valence-electron chi connectivity index (χ1n) is 9.44. The fourth-order valence-corrected chi connectivity index (χ4v) is 3.98. The summed E-state index contributed by atoms with van der Waals surface area (Å²) in [6.45, 7) is 8.28. The lowest BCUT2D eigenvalue weighted by Gasteiger charge is -2.07. The van der Waals surface area contributed by atoms with Crippen LogP contribution in [0.25, 0.3) is 5.57 Å². The quantitative estimate of drug-likeness (QED) is 0.430. The van der Waals surface area contributed by atoms with E-state index in [0.29, 0.717) is 23.4 Å². The fourth-order valence-electron chi connectivity index (χ4n) is 3.08. The third-order valence-corrected chi connectivity index (χ3v) is 5.69. The Balaban J connectivity index is 1.69. The summed E-state index contributed by atoms with van der Waals surface area (Å²) in [6, 6.07) is 11.7. The van der Waals surface area contributed by atoms with Gasteiger partial charge in [-0.3, -0.25) is 9.78 Å². The molecule has 0 bridgehead atoms. The fraction of sp³-hybridized carbons (Fsp3) is 0.261. The molecular formula is C23H25N3OS. The Hall–Kier alpha value is -2.79. The zero-order chi connectivity index (χ0) is 20.1. The molecule has 0 saturated carbocycles. The molecular weight excluding hydrogens is 366 g/mol. The van der Waals surface area contributed by atoms with E-state index in [1.807, 2.05) is 43.3 Å². The minimum absolute atomic E-state index is 0.0402. The van der Waals surface area contributed by atoms with Crippen LogP contribution in [0.3, 0.4) is 0 Å². The van der Waals surface area contributed by atoms with Crippen LogP contribution in [0.1, 0.15) is 50.5 Å². The van der Waals surface area contributed by atoms with E-state index in [0.717, 1.165) is 45.9 Å². The number of thiazole rings is 1. The van der Waals surface area contributed by atoms with Crippen LogP contribution in [0.4, 0.5) is 5.69 Å². The Labute approximate surface area is 170 Å². The molecule has 4 nitrogen and oxygen atoms in total. The Morgan fingerprint density at radius 1 is 1.18 bits per heavy atom. The second kappa shape index (κ2) is 8.93. The van der Waals surface area contributed by atoms with Crippen LogP contribution in [0.2, 0.25) is 0 Å². The normalized spacial score (nSPS) is 10.8. The number of allylic oxidation sites excluding steroid dienone is 1. The number of ketones is 1. The molecule has 0 aliphatic rings. The Morgan fingerprint density at radius 3 is 2.71 bits per heavy atom. The molecule has 0 amide bonds. The summed E-state index contributed by atoms with van der Waals surface area (Å²) in [6.07, 6.45) is 4.56. The van der Waals surface area contributed by atoms with Crippen molar-refractivity contribution >= 4 is 28.4 Å². The average molecular weight is 392 g/mol. The van der Waals surface area contributed by atoms with Gasteiger partial charge in [0.15, 0.2) is 5.78 Å². The van der Waals surface area contributed by atoms with Gasteiger partial charge in [0.2, 0.25) is 0 Å². The maximum atomic E-state index is 12.7. The lowest BCUT2D eigenvalue weighted by Crippen LogP contribution is -2.06. The standard InChI is InChI=1S/C23H25N3OS/c1-4-7-17-9-6-11-20(26-17)16(3)12-23-25-14-22(28-23)21(27)13-18-15(2)8-5-10-19(18)24/h5-6,8-11,14H,3-4,7,12-13,24H2,1-2H3. The predicted octanol–water partition coefficient (Wildman–Crippen LogP) is 5.06. The van der Waals surface area contributed by atoms with Crippen molar-refractivity contribution in [1.29, 1.82) is 0 Å². The average Bonchev–Trinajstić information content (AvgIpc) is 3.14. The van der Waals surface area contributed by atoms with Crippen molar-refractivity contribution in [1.82, 2.24) is 9.97 Å². The van der Waals surface area contributed by atoms with E-state index in [9.17, 15) is 4.79 Å². The summed E-state index contributed by atoms with van der Waals surface area (Å²) >= 11 is 1.42. The lowest BCUT2D eigenvalue weighted by atomic mass is 10.0. The summed E-state index contributed by atoms with van der Waals surface area (Å²) in [4.78, 5) is 22.4. The summed E-state index contributed by atoms with van der Waals surface area (Å²) in [7, 11) is 0. The number of hydrogen-bond donors (Lipinski definition) is 1. The molecule has 3 rings (SSSR count). The summed E-state index contributed by atoms with van der Waals surface area (Å²) in [5.41, 5.74) is 11.5. The first kappa shape index (κ1) is 20.0. The molecule has 2 N–H and O–H groups in total. The topological polar surface area (TPSA) is 68.9 Å². The van der Waals surface area contributed by atoms with Crippen molar-refractivity contribution in [3.63, 3.8) is 0 Å². The number of rotatable bonds is 8. The molecule has 2 aromatic heterocycles. The molecule has 1 aromatic carbocycles. The number of nitrogen functional groups attached to an aromatic ring is 1. The maximum Gasteiger partial charge on any atom is 0.178 e. The van der Waals surface area contributed by atoms with Gasteiger partial charge in [-0.25, -0.2) is 4.98 Å². The van der Waals surface area contributed by atoms with Crippen LogP contribution in [-0.2, 0) is 19.3 Å². The van der Waals surface area contributed by atoms with Crippen molar-refractivity contribution in [2.45, 2.75) is 39.5 Å². The van der Waals surface area contributed by atoms with Crippen molar-refractivity contribution < 1.29 is 4.79 Å². The summed E-state index contributed by atoms with van der Waals surface area (Å²) in [5, 5.41) is 0.869. The Kier molecular flexibility index (Phi) is 6.37. The third-order valence-electron chi connectivity index (χ3n) is 4.65. The number of aromatic nitrogens is 2. The molecule has 0 spiro atoms. The number of carbonyl (C=O) groups excluding carboxylic acids is 1. The molecule has 5 heteroatoms. The minimum atomic E-state index is 0.0402. The number of anilines is 1. The molecule has 0 radical (unpaired) electrons. The van der Waals surface area contributed by atoms with Gasteiger partial charge >= 0.3 is 0 Å². The van der Waals surface area contributed by atoms with Gasteiger partial charge in [0.1, 0.15) is 0 Å². The zero-order valence-electron chi connectivity index (χ0n) is 16.4.